The molecule has 0 spiro atoms. The average molecular weight is 269 g/mol. The van der Waals surface area contributed by atoms with Gasteiger partial charge < -0.3 is 10.2 Å². The molecule has 106 valence electrons. The Hall–Kier alpha value is -1.87. The molecule has 3 heteroatoms. The molecule has 0 aliphatic carbocycles. The van der Waals surface area contributed by atoms with E-state index in [9.17, 15) is 0 Å². The summed E-state index contributed by atoms with van der Waals surface area (Å²) in [5.41, 5.74) is 1.25. The van der Waals surface area contributed by atoms with Crippen LogP contribution in [-0.2, 0) is 6.54 Å². The number of anilines is 1. The van der Waals surface area contributed by atoms with Gasteiger partial charge in [-0.15, -0.1) is 6.58 Å². The molecule has 20 heavy (non-hydrogen) atoms. The highest BCUT2D eigenvalue weighted by Crippen LogP contribution is 2.27. The van der Waals surface area contributed by atoms with E-state index in [-0.39, 0.29) is 0 Å². The Labute approximate surface area is 121 Å². The molecule has 0 fully saturated rings. The minimum absolute atomic E-state index is 0.819. The van der Waals surface area contributed by atoms with Crippen LogP contribution in [0.25, 0.3) is 10.8 Å². The van der Waals surface area contributed by atoms with Gasteiger partial charge in [-0.3, -0.25) is 0 Å². The molecule has 0 aliphatic rings. The summed E-state index contributed by atoms with van der Waals surface area (Å²) >= 11 is 0. The molecule has 2 rings (SSSR count). The molecular formula is C17H23N3. The summed E-state index contributed by atoms with van der Waals surface area (Å²) in [5.74, 6) is 1.04. The van der Waals surface area contributed by atoms with Crippen molar-refractivity contribution in [2.75, 3.05) is 24.5 Å². The summed E-state index contributed by atoms with van der Waals surface area (Å²) in [7, 11) is 0. The van der Waals surface area contributed by atoms with Crippen molar-refractivity contribution >= 4 is 16.6 Å². The molecular weight excluding hydrogens is 246 g/mol. The number of benzene rings is 1. The van der Waals surface area contributed by atoms with Crippen molar-refractivity contribution in [2.24, 2.45) is 0 Å². The van der Waals surface area contributed by atoms with Crippen LogP contribution in [0.2, 0.25) is 0 Å². The zero-order chi connectivity index (χ0) is 14.4. The first-order valence-electron chi connectivity index (χ1n) is 7.25. The molecule has 0 bridgehead atoms. The van der Waals surface area contributed by atoms with Crippen LogP contribution in [0.1, 0.15) is 19.4 Å². The second-order valence-corrected chi connectivity index (χ2v) is 4.76. The lowest BCUT2D eigenvalue weighted by molar-refractivity contribution is 0.728. The minimum atomic E-state index is 0.819. The number of nitrogens with zero attached hydrogens (tertiary/aromatic N) is 2. The van der Waals surface area contributed by atoms with E-state index in [4.69, 9.17) is 0 Å². The quantitative estimate of drug-likeness (QED) is 0.781. The number of likely N-dealkylation sites (N-methyl/N-ethyl adjacent to an activating group) is 1. The molecule has 3 nitrogen and oxygen atoms in total. The van der Waals surface area contributed by atoms with Gasteiger partial charge in [-0.2, -0.15) is 0 Å². The molecule has 0 aliphatic heterocycles. The lowest BCUT2D eigenvalue weighted by Crippen LogP contribution is -2.24. The number of fused-ring (bicyclic) bond motifs is 1. The van der Waals surface area contributed by atoms with Crippen LogP contribution in [0.4, 0.5) is 5.82 Å². The van der Waals surface area contributed by atoms with E-state index in [1.165, 1.54) is 16.3 Å². The molecule has 2 aromatic rings. The van der Waals surface area contributed by atoms with Crippen LogP contribution < -0.4 is 10.2 Å². The van der Waals surface area contributed by atoms with Gasteiger partial charge in [0.1, 0.15) is 5.82 Å². The summed E-state index contributed by atoms with van der Waals surface area (Å²) in [6.45, 7) is 11.7. The van der Waals surface area contributed by atoms with E-state index in [1.807, 2.05) is 12.3 Å². The van der Waals surface area contributed by atoms with E-state index in [1.54, 1.807) is 0 Å². The van der Waals surface area contributed by atoms with Crippen LogP contribution in [0.15, 0.2) is 43.1 Å². The molecule has 0 radical (unpaired) electrons. The molecule has 1 N–H and O–H groups in total. The zero-order valence-corrected chi connectivity index (χ0v) is 12.4. The maximum atomic E-state index is 4.69. The van der Waals surface area contributed by atoms with Crippen LogP contribution in [-0.4, -0.2) is 24.6 Å². The van der Waals surface area contributed by atoms with Gasteiger partial charge in [0.2, 0.25) is 0 Å². The maximum absolute atomic E-state index is 4.69. The minimum Gasteiger partial charge on any atom is -0.353 e. The van der Waals surface area contributed by atoms with Crippen LogP contribution in [0.3, 0.4) is 0 Å². The van der Waals surface area contributed by atoms with Gasteiger partial charge in [-0.25, -0.2) is 4.98 Å². The highest BCUT2D eigenvalue weighted by atomic mass is 15.2. The number of nitrogens with one attached hydrogen (secondary N) is 1. The predicted octanol–water partition coefficient (Wildman–Crippen LogP) is 3.36. The van der Waals surface area contributed by atoms with Gasteiger partial charge in [0, 0.05) is 31.2 Å². The predicted molar refractivity (Wildman–Crippen MR) is 87.2 cm³/mol. The highest BCUT2D eigenvalue weighted by molar-refractivity contribution is 5.94. The number of pyridine rings is 1. The Morgan fingerprint density at radius 2 is 2.00 bits per heavy atom. The molecule has 0 atom stereocenters. The Morgan fingerprint density at radius 3 is 2.65 bits per heavy atom. The second-order valence-electron chi connectivity index (χ2n) is 4.76. The number of hydrogen-bond acceptors (Lipinski definition) is 3. The lowest BCUT2D eigenvalue weighted by atomic mass is 10.1. The third kappa shape index (κ3) is 2.99. The smallest absolute Gasteiger partial charge is 0.136 e. The van der Waals surface area contributed by atoms with Crippen molar-refractivity contribution in [3.63, 3.8) is 0 Å². The summed E-state index contributed by atoms with van der Waals surface area (Å²) in [6, 6.07) is 8.49. The number of aromatic nitrogens is 1. The number of hydrogen-bond donors (Lipinski definition) is 1. The summed E-state index contributed by atoms with van der Waals surface area (Å²) in [4.78, 5) is 6.93. The van der Waals surface area contributed by atoms with Crippen molar-refractivity contribution in [1.29, 1.82) is 0 Å². The Bertz CT molecular complexity index is 577. The average Bonchev–Trinajstić information content (AvgIpc) is 2.50. The molecule has 1 aromatic carbocycles. The maximum Gasteiger partial charge on any atom is 0.136 e. The van der Waals surface area contributed by atoms with Gasteiger partial charge in [-0.1, -0.05) is 37.3 Å². The first kappa shape index (κ1) is 14.5. The van der Waals surface area contributed by atoms with E-state index >= 15 is 0 Å². The summed E-state index contributed by atoms with van der Waals surface area (Å²) in [6.07, 6.45) is 3.92. The molecule has 0 saturated carbocycles. The Balaban J connectivity index is 2.49. The molecule has 1 heterocycles. The highest BCUT2D eigenvalue weighted by Gasteiger charge is 2.11. The summed E-state index contributed by atoms with van der Waals surface area (Å²) in [5, 5.41) is 5.87. The Kier molecular flexibility index (Phi) is 5.13. The van der Waals surface area contributed by atoms with E-state index in [2.05, 4.69) is 59.9 Å². The first-order chi connectivity index (χ1) is 9.81. The van der Waals surface area contributed by atoms with Crippen LogP contribution in [0, 0.1) is 0 Å². The van der Waals surface area contributed by atoms with Crippen molar-refractivity contribution < 1.29 is 0 Å². The van der Waals surface area contributed by atoms with E-state index in [0.717, 1.165) is 32.0 Å². The fourth-order valence-electron chi connectivity index (χ4n) is 2.41. The molecule has 0 amide bonds. The topological polar surface area (TPSA) is 28.2 Å². The second kappa shape index (κ2) is 7.06. The normalized spacial score (nSPS) is 10.7. The fourth-order valence-corrected chi connectivity index (χ4v) is 2.41. The Morgan fingerprint density at radius 1 is 1.25 bits per heavy atom. The summed E-state index contributed by atoms with van der Waals surface area (Å²) < 4.78 is 0. The van der Waals surface area contributed by atoms with Crippen molar-refractivity contribution in [1.82, 2.24) is 10.3 Å². The largest absolute Gasteiger partial charge is 0.353 e. The molecule has 1 aromatic heterocycles. The van der Waals surface area contributed by atoms with E-state index < -0.39 is 0 Å². The lowest BCUT2D eigenvalue weighted by Gasteiger charge is -2.22. The van der Waals surface area contributed by atoms with Crippen molar-refractivity contribution in [3.05, 3.63) is 48.7 Å². The zero-order valence-electron chi connectivity index (χ0n) is 12.4. The van der Waals surface area contributed by atoms with Gasteiger partial charge in [0.25, 0.3) is 0 Å². The van der Waals surface area contributed by atoms with Crippen LogP contribution >= 0.6 is 0 Å². The van der Waals surface area contributed by atoms with Crippen LogP contribution in [0.5, 0.6) is 0 Å². The standard InChI is InChI=1S/C17H23N3/c1-4-11-20(6-3)17-16-10-8-7-9-15(16)14(13-19-17)12-18-5-2/h4,7-10,13,18H,1,5-6,11-12H2,2-3H3. The van der Waals surface area contributed by atoms with Gasteiger partial charge in [0.05, 0.1) is 0 Å². The number of rotatable bonds is 7. The monoisotopic (exact) mass is 269 g/mol. The van der Waals surface area contributed by atoms with E-state index in [0.29, 0.717) is 0 Å². The van der Waals surface area contributed by atoms with Crippen molar-refractivity contribution in [2.45, 2.75) is 20.4 Å². The van der Waals surface area contributed by atoms with Crippen molar-refractivity contribution in [3.8, 4) is 0 Å². The first-order valence-corrected chi connectivity index (χ1v) is 7.25. The SMILES string of the molecule is C=CCN(CC)c1ncc(CNCC)c2ccccc12. The third-order valence-corrected chi connectivity index (χ3v) is 3.45. The van der Waals surface area contributed by atoms with Gasteiger partial charge >= 0.3 is 0 Å². The van der Waals surface area contributed by atoms with Gasteiger partial charge in [-0.05, 0) is 24.4 Å². The third-order valence-electron chi connectivity index (χ3n) is 3.45. The fraction of sp³-hybridized carbons (Fsp3) is 0.353. The molecule has 0 saturated heterocycles. The molecule has 0 unspecified atom stereocenters. The van der Waals surface area contributed by atoms with Gasteiger partial charge in [0.15, 0.2) is 0 Å².